The molecule has 6 N–H and O–H groups in total. The Labute approximate surface area is 143 Å². The van der Waals surface area contributed by atoms with Gasteiger partial charge in [0.05, 0.1) is 18.7 Å². The molecule has 2 aromatic heterocycles. The summed E-state index contributed by atoms with van der Waals surface area (Å²) in [6.07, 6.45) is 1.59. The van der Waals surface area contributed by atoms with Gasteiger partial charge in [0.15, 0.2) is 0 Å². The molecule has 8 heteroatoms. The van der Waals surface area contributed by atoms with Crippen LogP contribution in [0.5, 0.6) is 0 Å². The van der Waals surface area contributed by atoms with E-state index >= 15 is 0 Å². The maximum atomic E-state index is 11.9. The molecule has 0 spiro atoms. The summed E-state index contributed by atoms with van der Waals surface area (Å²) in [5, 5.41) is 23.9. The van der Waals surface area contributed by atoms with Gasteiger partial charge in [-0.05, 0) is 24.6 Å². The molecule has 1 amide bonds. The first-order valence-electron chi connectivity index (χ1n) is 7.72. The quantitative estimate of drug-likeness (QED) is 0.536. The Balaban J connectivity index is 2.20. The number of aliphatic hydroxyl groups is 2. The smallest absolute Gasteiger partial charge is 0.254 e. The Morgan fingerprint density at radius 3 is 2.64 bits per heavy atom. The van der Waals surface area contributed by atoms with Crippen LogP contribution in [0.15, 0.2) is 30.5 Å². The highest BCUT2D eigenvalue weighted by Gasteiger charge is 2.25. The molecule has 25 heavy (non-hydrogen) atoms. The Morgan fingerprint density at radius 1 is 1.28 bits per heavy atom. The number of primary amides is 1. The molecular weight excluding hydrogens is 322 g/mol. The first kappa shape index (κ1) is 16.9. The molecule has 0 unspecified atom stereocenters. The van der Waals surface area contributed by atoms with Crippen LogP contribution in [-0.4, -0.2) is 44.1 Å². The zero-order valence-electron chi connectivity index (χ0n) is 13.7. The maximum absolute atomic E-state index is 11.9. The van der Waals surface area contributed by atoms with E-state index in [2.05, 4.69) is 10.1 Å². The van der Waals surface area contributed by atoms with Crippen molar-refractivity contribution in [1.82, 2.24) is 14.8 Å². The molecule has 3 aromatic rings. The van der Waals surface area contributed by atoms with E-state index in [1.54, 1.807) is 6.20 Å². The molecule has 2 heterocycles. The van der Waals surface area contributed by atoms with E-state index in [0.717, 1.165) is 16.5 Å². The van der Waals surface area contributed by atoms with Crippen molar-refractivity contribution >= 4 is 22.6 Å². The van der Waals surface area contributed by atoms with Gasteiger partial charge in [0.25, 0.3) is 5.91 Å². The average Bonchev–Trinajstić information content (AvgIpc) is 2.93. The monoisotopic (exact) mass is 341 g/mol. The topological polar surface area (TPSA) is 140 Å². The third kappa shape index (κ3) is 2.92. The van der Waals surface area contributed by atoms with E-state index in [9.17, 15) is 15.0 Å². The fraction of sp³-hybridized carbons (Fsp3) is 0.235. The average molecular weight is 341 g/mol. The zero-order chi connectivity index (χ0) is 18.1. The van der Waals surface area contributed by atoms with E-state index in [-0.39, 0.29) is 30.3 Å². The van der Waals surface area contributed by atoms with Crippen molar-refractivity contribution in [2.75, 3.05) is 18.9 Å². The second kappa shape index (κ2) is 6.50. The van der Waals surface area contributed by atoms with E-state index < -0.39 is 11.9 Å². The van der Waals surface area contributed by atoms with Crippen LogP contribution < -0.4 is 11.5 Å². The first-order valence-corrected chi connectivity index (χ1v) is 7.72. The molecule has 0 saturated heterocycles. The number of anilines is 1. The van der Waals surface area contributed by atoms with Crippen LogP contribution in [0.25, 0.3) is 22.2 Å². The summed E-state index contributed by atoms with van der Waals surface area (Å²) in [6.45, 7) is 1.22. The van der Waals surface area contributed by atoms with Crippen LogP contribution in [-0.2, 0) is 0 Å². The molecular formula is C17H19N5O3. The van der Waals surface area contributed by atoms with Gasteiger partial charge in [-0.2, -0.15) is 5.10 Å². The van der Waals surface area contributed by atoms with Crippen LogP contribution in [0.2, 0.25) is 0 Å². The lowest BCUT2D eigenvalue weighted by Gasteiger charge is -2.13. The molecule has 3 rings (SSSR count). The number of pyridine rings is 1. The second-order valence-electron chi connectivity index (χ2n) is 5.86. The van der Waals surface area contributed by atoms with Gasteiger partial charge in [-0.25, -0.2) is 4.68 Å². The second-order valence-corrected chi connectivity index (χ2v) is 5.86. The highest BCUT2D eigenvalue weighted by molar-refractivity contribution is 6.03. The summed E-state index contributed by atoms with van der Waals surface area (Å²) in [6, 6.07) is 6.92. The number of carbonyl (C=O) groups excluding carboxylic acids is 1. The summed E-state index contributed by atoms with van der Waals surface area (Å²) >= 11 is 0. The molecule has 0 atom stereocenters. The minimum absolute atomic E-state index is 0.000368. The predicted molar refractivity (Wildman–Crippen MR) is 93.8 cm³/mol. The molecule has 8 nitrogen and oxygen atoms in total. The fourth-order valence-corrected chi connectivity index (χ4v) is 2.74. The number of aliphatic hydroxyl groups excluding tert-OH is 2. The Hall–Kier alpha value is -2.97. The lowest BCUT2D eigenvalue weighted by Crippen LogP contribution is -2.21. The van der Waals surface area contributed by atoms with Crippen molar-refractivity contribution in [3.8, 4) is 11.3 Å². The standard InChI is InChI=1S/C17H19N5O3/c1-9-2-3-10-5-11(6-20-13(10)4-9)15-14(17(19)25)16(18)22(21-15)12(7-23)8-24/h2-6,12,23-24H,7-8,18H2,1H3,(H2,19,25). The number of fused-ring (bicyclic) bond motifs is 1. The van der Waals surface area contributed by atoms with Gasteiger partial charge in [0.2, 0.25) is 0 Å². The summed E-state index contributed by atoms with van der Waals surface area (Å²) in [5.41, 5.74) is 14.2. The van der Waals surface area contributed by atoms with E-state index in [0.29, 0.717) is 5.56 Å². The van der Waals surface area contributed by atoms with Gasteiger partial charge in [-0.3, -0.25) is 9.78 Å². The first-order chi connectivity index (χ1) is 12.0. The molecule has 0 aliphatic carbocycles. The number of nitrogens with zero attached hydrogens (tertiary/aromatic N) is 3. The van der Waals surface area contributed by atoms with Crippen molar-refractivity contribution in [1.29, 1.82) is 0 Å². The Morgan fingerprint density at radius 2 is 2.00 bits per heavy atom. The number of carbonyl (C=O) groups is 1. The zero-order valence-corrected chi connectivity index (χ0v) is 13.7. The van der Waals surface area contributed by atoms with E-state index in [4.69, 9.17) is 11.5 Å². The third-order valence-electron chi connectivity index (χ3n) is 4.07. The molecule has 0 bridgehead atoms. The summed E-state index contributed by atoms with van der Waals surface area (Å²) in [4.78, 5) is 16.3. The van der Waals surface area contributed by atoms with Crippen molar-refractivity contribution in [3.05, 3.63) is 41.6 Å². The maximum Gasteiger partial charge on any atom is 0.254 e. The predicted octanol–water partition coefficient (Wildman–Crippen LogP) is 0.614. The fourth-order valence-electron chi connectivity index (χ4n) is 2.74. The number of nitrogen functional groups attached to an aromatic ring is 1. The van der Waals surface area contributed by atoms with Crippen molar-refractivity contribution in [3.63, 3.8) is 0 Å². The normalized spacial score (nSPS) is 11.4. The van der Waals surface area contributed by atoms with Gasteiger partial charge in [0.1, 0.15) is 23.1 Å². The molecule has 0 saturated carbocycles. The minimum atomic E-state index is -0.761. The van der Waals surface area contributed by atoms with Gasteiger partial charge < -0.3 is 21.7 Å². The van der Waals surface area contributed by atoms with Crippen molar-refractivity contribution in [2.45, 2.75) is 13.0 Å². The van der Waals surface area contributed by atoms with Crippen LogP contribution in [0.1, 0.15) is 22.0 Å². The van der Waals surface area contributed by atoms with E-state index in [1.807, 2.05) is 31.2 Å². The van der Waals surface area contributed by atoms with Crippen LogP contribution in [0.4, 0.5) is 5.82 Å². The number of aryl methyl sites for hydroxylation is 1. The number of amides is 1. The van der Waals surface area contributed by atoms with Gasteiger partial charge >= 0.3 is 0 Å². The van der Waals surface area contributed by atoms with Crippen molar-refractivity contribution < 1.29 is 15.0 Å². The Bertz CT molecular complexity index is 947. The van der Waals surface area contributed by atoms with E-state index in [1.165, 1.54) is 4.68 Å². The highest BCUT2D eigenvalue weighted by Crippen LogP contribution is 2.30. The molecule has 0 aliphatic rings. The van der Waals surface area contributed by atoms with Crippen molar-refractivity contribution in [2.24, 2.45) is 5.73 Å². The number of nitrogens with two attached hydrogens (primary N) is 2. The number of rotatable bonds is 5. The molecule has 130 valence electrons. The van der Waals surface area contributed by atoms with Crippen LogP contribution >= 0.6 is 0 Å². The SMILES string of the molecule is Cc1ccc2cc(-c3nn(C(CO)CO)c(N)c3C(N)=O)cnc2c1. The number of benzene rings is 1. The van der Waals surface area contributed by atoms with Gasteiger partial charge in [0, 0.05) is 17.1 Å². The third-order valence-corrected chi connectivity index (χ3v) is 4.07. The molecule has 0 radical (unpaired) electrons. The molecule has 0 fully saturated rings. The Kier molecular flexibility index (Phi) is 4.39. The number of aromatic nitrogens is 3. The lowest BCUT2D eigenvalue weighted by molar-refractivity contribution is 0.100. The van der Waals surface area contributed by atoms with Gasteiger partial charge in [-0.15, -0.1) is 0 Å². The van der Waals surface area contributed by atoms with Crippen LogP contribution in [0.3, 0.4) is 0 Å². The largest absolute Gasteiger partial charge is 0.394 e. The van der Waals surface area contributed by atoms with Gasteiger partial charge in [-0.1, -0.05) is 12.1 Å². The highest BCUT2D eigenvalue weighted by atomic mass is 16.3. The number of hydrogen-bond donors (Lipinski definition) is 4. The van der Waals surface area contributed by atoms with Crippen LogP contribution in [0, 0.1) is 6.92 Å². The molecule has 1 aromatic carbocycles. The summed E-state index contributed by atoms with van der Waals surface area (Å²) in [7, 11) is 0. The lowest BCUT2D eigenvalue weighted by atomic mass is 10.1. The summed E-state index contributed by atoms with van der Waals surface area (Å²) < 4.78 is 1.22. The number of hydrogen-bond acceptors (Lipinski definition) is 6. The minimum Gasteiger partial charge on any atom is -0.394 e. The summed E-state index contributed by atoms with van der Waals surface area (Å²) in [5.74, 6) is -0.739. The molecule has 0 aliphatic heterocycles.